The Balaban J connectivity index is 1.89. The molecule has 1 aliphatic rings. The third-order valence-corrected chi connectivity index (χ3v) is 3.38. The molecule has 104 valence electrons. The van der Waals surface area contributed by atoms with Crippen LogP contribution in [0.4, 0.5) is 0 Å². The summed E-state index contributed by atoms with van der Waals surface area (Å²) in [7, 11) is 2.02. The number of carbonyl (C=O) groups is 1. The average molecular weight is 264 g/mol. The van der Waals surface area contributed by atoms with Gasteiger partial charge >= 0.3 is 0 Å². The van der Waals surface area contributed by atoms with Gasteiger partial charge in [0.2, 0.25) is 0 Å². The van der Waals surface area contributed by atoms with Crippen LogP contribution in [-0.4, -0.2) is 40.6 Å². The first-order chi connectivity index (χ1) is 9.08. The van der Waals surface area contributed by atoms with Crippen molar-refractivity contribution in [3.8, 4) is 0 Å². The Kier molecular flexibility index (Phi) is 4.47. The largest absolute Gasteiger partial charge is 0.393 e. The molecule has 1 aromatic heterocycles. The van der Waals surface area contributed by atoms with Crippen LogP contribution in [0, 0.1) is 5.92 Å². The first-order valence-electron chi connectivity index (χ1n) is 6.42. The number of aliphatic hydroxyl groups is 1. The van der Waals surface area contributed by atoms with Crippen LogP contribution in [0.1, 0.15) is 29.0 Å². The Morgan fingerprint density at radius 1 is 1.58 bits per heavy atom. The van der Waals surface area contributed by atoms with Crippen molar-refractivity contribution in [1.82, 2.24) is 15.3 Å². The van der Waals surface area contributed by atoms with Crippen molar-refractivity contribution in [3.05, 3.63) is 29.6 Å². The molecule has 1 saturated carbocycles. The molecule has 0 aliphatic heterocycles. The molecule has 1 heterocycles. The van der Waals surface area contributed by atoms with Gasteiger partial charge in [-0.3, -0.25) is 10.2 Å². The number of nitrogens with one attached hydrogen (secondary N) is 1. The van der Waals surface area contributed by atoms with Gasteiger partial charge in [0, 0.05) is 13.1 Å². The predicted molar refractivity (Wildman–Crippen MR) is 71.0 cm³/mol. The fourth-order valence-electron chi connectivity index (χ4n) is 2.40. The third kappa shape index (κ3) is 3.73. The van der Waals surface area contributed by atoms with E-state index in [4.69, 9.17) is 5.84 Å². The van der Waals surface area contributed by atoms with Gasteiger partial charge in [-0.05, 0) is 37.9 Å². The quantitative estimate of drug-likeness (QED) is 0.392. The molecule has 6 heteroatoms. The lowest BCUT2D eigenvalue weighted by molar-refractivity contribution is 0.0272. The summed E-state index contributed by atoms with van der Waals surface area (Å²) in [5.74, 6) is 5.27. The highest BCUT2D eigenvalue weighted by molar-refractivity contribution is 5.91. The summed E-state index contributed by atoms with van der Waals surface area (Å²) in [5.41, 5.74) is 3.24. The Bertz CT molecular complexity index is 446. The van der Waals surface area contributed by atoms with Crippen LogP contribution in [0.5, 0.6) is 0 Å². The summed E-state index contributed by atoms with van der Waals surface area (Å²) in [5, 5.41) is 9.26. The maximum absolute atomic E-state index is 11.4. The van der Waals surface area contributed by atoms with E-state index in [1.54, 1.807) is 12.1 Å². The lowest BCUT2D eigenvalue weighted by Crippen LogP contribution is -2.37. The zero-order valence-corrected chi connectivity index (χ0v) is 11.0. The van der Waals surface area contributed by atoms with E-state index in [2.05, 4.69) is 15.3 Å². The van der Waals surface area contributed by atoms with Crippen LogP contribution in [-0.2, 0) is 6.54 Å². The molecule has 1 aliphatic carbocycles. The fourth-order valence-corrected chi connectivity index (χ4v) is 2.40. The highest BCUT2D eigenvalue weighted by atomic mass is 16.3. The van der Waals surface area contributed by atoms with E-state index in [1.165, 1.54) is 0 Å². The standard InChI is InChI=1S/C13H20N4O2/c1-17(7-9-5-11(18)6-9)8-10-3-2-4-12(15-10)13(19)16-14/h2-4,9,11,18H,5-8,14H2,1H3,(H,16,19). The molecule has 1 fully saturated rings. The van der Waals surface area contributed by atoms with Gasteiger partial charge in [0.1, 0.15) is 5.69 Å². The molecule has 19 heavy (non-hydrogen) atoms. The molecule has 0 spiro atoms. The van der Waals surface area contributed by atoms with Crippen molar-refractivity contribution in [1.29, 1.82) is 0 Å². The minimum Gasteiger partial charge on any atom is -0.393 e. The first-order valence-corrected chi connectivity index (χ1v) is 6.42. The number of carbonyl (C=O) groups excluding carboxylic acids is 1. The van der Waals surface area contributed by atoms with Crippen molar-refractivity contribution in [2.24, 2.45) is 11.8 Å². The molecule has 0 bridgehead atoms. The van der Waals surface area contributed by atoms with Gasteiger partial charge in [-0.2, -0.15) is 0 Å². The number of nitrogens with zero attached hydrogens (tertiary/aromatic N) is 2. The number of hydrazine groups is 1. The first kappa shape index (κ1) is 13.9. The number of nitrogen functional groups attached to an aromatic ring is 1. The molecule has 0 saturated heterocycles. The van der Waals surface area contributed by atoms with Crippen molar-refractivity contribution < 1.29 is 9.90 Å². The van der Waals surface area contributed by atoms with Gasteiger partial charge in [-0.25, -0.2) is 10.8 Å². The van der Waals surface area contributed by atoms with Crippen LogP contribution in [0.15, 0.2) is 18.2 Å². The lowest BCUT2D eigenvalue weighted by Gasteiger charge is -2.34. The number of pyridine rings is 1. The second kappa shape index (κ2) is 6.10. The van der Waals surface area contributed by atoms with Gasteiger partial charge in [0.25, 0.3) is 5.91 Å². The molecule has 1 aromatic rings. The summed E-state index contributed by atoms with van der Waals surface area (Å²) in [6, 6.07) is 5.32. The zero-order valence-electron chi connectivity index (χ0n) is 11.0. The summed E-state index contributed by atoms with van der Waals surface area (Å²) in [4.78, 5) is 17.8. The number of hydrogen-bond acceptors (Lipinski definition) is 5. The highest BCUT2D eigenvalue weighted by Gasteiger charge is 2.27. The Morgan fingerprint density at radius 2 is 2.32 bits per heavy atom. The van der Waals surface area contributed by atoms with Crippen LogP contribution < -0.4 is 11.3 Å². The number of rotatable bonds is 5. The number of aliphatic hydroxyl groups excluding tert-OH is 1. The van der Waals surface area contributed by atoms with E-state index in [0.29, 0.717) is 18.2 Å². The molecule has 0 radical (unpaired) electrons. The van der Waals surface area contributed by atoms with Gasteiger partial charge in [-0.1, -0.05) is 6.07 Å². The van der Waals surface area contributed by atoms with E-state index in [9.17, 15) is 9.90 Å². The minimum absolute atomic E-state index is 0.117. The smallest absolute Gasteiger partial charge is 0.283 e. The number of hydrogen-bond donors (Lipinski definition) is 3. The minimum atomic E-state index is -0.383. The average Bonchev–Trinajstić information content (AvgIpc) is 2.36. The second-order valence-electron chi connectivity index (χ2n) is 5.18. The third-order valence-electron chi connectivity index (χ3n) is 3.38. The molecular weight excluding hydrogens is 244 g/mol. The van der Waals surface area contributed by atoms with Gasteiger partial charge in [0.05, 0.1) is 11.8 Å². The SMILES string of the molecule is CN(Cc1cccc(C(=O)NN)n1)CC1CC(O)C1. The molecule has 1 amide bonds. The molecular formula is C13H20N4O2. The topological polar surface area (TPSA) is 91.5 Å². The van der Waals surface area contributed by atoms with Crippen LogP contribution >= 0.6 is 0 Å². The molecule has 2 rings (SSSR count). The number of nitrogens with two attached hydrogens (primary N) is 1. The molecule has 6 nitrogen and oxygen atoms in total. The molecule has 0 unspecified atom stereocenters. The van der Waals surface area contributed by atoms with Crippen LogP contribution in [0.2, 0.25) is 0 Å². The summed E-state index contributed by atoms with van der Waals surface area (Å²) in [6.07, 6.45) is 1.65. The van der Waals surface area contributed by atoms with Crippen molar-refractivity contribution >= 4 is 5.91 Å². The fraction of sp³-hybridized carbons (Fsp3) is 0.538. The maximum Gasteiger partial charge on any atom is 0.283 e. The summed E-state index contributed by atoms with van der Waals surface area (Å²) in [6.45, 7) is 1.62. The van der Waals surface area contributed by atoms with E-state index >= 15 is 0 Å². The molecule has 0 aromatic carbocycles. The van der Waals surface area contributed by atoms with Gasteiger partial charge < -0.3 is 10.0 Å². The maximum atomic E-state index is 11.4. The van der Waals surface area contributed by atoms with Gasteiger partial charge in [0.15, 0.2) is 0 Å². The summed E-state index contributed by atoms with van der Waals surface area (Å²) < 4.78 is 0. The van der Waals surface area contributed by atoms with E-state index < -0.39 is 0 Å². The predicted octanol–water partition coefficient (Wildman–Crippen LogP) is -0.112. The Labute approximate surface area is 112 Å². The van der Waals surface area contributed by atoms with Gasteiger partial charge in [-0.15, -0.1) is 0 Å². The van der Waals surface area contributed by atoms with E-state index in [1.807, 2.05) is 13.1 Å². The van der Waals surface area contributed by atoms with Crippen molar-refractivity contribution in [2.45, 2.75) is 25.5 Å². The van der Waals surface area contributed by atoms with E-state index in [-0.39, 0.29) is 12.0 Å². The molecule has 0 atom stereocenters. The monoisotopic (exact) mass is 264 g/mol. The highest BCUT2D eigenvalue weighted by Crippen LogP contribution is 2.27. The van der Waals surface area contributed by atoms with Crippen molar-refractivity contribution in [2.75, 3.05) is 13.6 Å². The Hall–Kier alpha value is -1.50. The lowest BCUT2D eigenvalue weighted by atomic mass is 9.82. The van der Waals surface area contributed by atoms with Crippen LogP contribution in [0.3, 0.4) is 0 Å². The zero-order chi connectivity index (χ0) is 13.8. The molecule has 4 N–H and O–H groups in total. The summed E-state index contributed by atoms with van der Waals surface area (Å²) >= 11 is 0. The van der Waals surface area contributed by atoms with E-state index in [0.717, 1.165) is 25.1 Å². The Morgan fingerprint density at radius 3 is 2.95 bits per heavy atom. The van der Waals surface area contributed by atoms with Crippen LogP contribution in [0.25, 0.3) is 0 Å². The number of aromatic nitrogens is 1. The normalized spacial score (nSPS) is 22.1. The van der Waals surface area contributed by atoms with Crippen molar-refractivity contribution in [3.63, 3.8) is 0 Å². The number of amides is 1. The second-order valence-corrected chi connectivity index (χ2v) is 5.18.